The first kappa shape index (κ1) is 25.2. The highest BCUT2D eigenvalue weighted by Gasteiger charge is 2.23. The van der Waals surface area contributed by atoms with Gasteiger partial charge >= 0.3 is 0 Å². The van der Waals surface area contributed by atoms with Gasteiger partial charge in [0.25, 0.3) is 0 Å². The van der Waals surface area contributed by atoms with Crippen molar-refractivity contribution in [1.82, 2.24) is 5.32 Å². The van der Waals surface area contributed by atoms with Crippen molar-refractivity contribution in [3.05, 3.63) is 83.4 Å². The molecule has 1 fully saturated rings. The van der Waals surface area contributed by atoms with Gasteiger partial charge in [-0.2, -0.15) is 0 Å². The van der Waals surface area contributed by atoms with Crippen LogP contribution in [0.1, 0.15) is 59.4 Å². The minimum atomic E-state index is 0.547. The van der Waals surface area contributed by atoms with Gasteiger partial charge in [-0.05, 0) is 67.5 Å². The summed E-state index contributed by atoms with van der Waals surface area (Å²) in [6.07, 6.45) is 11.5. The molecule has 4 nitrogen and oxygen atoms in total. The van der Waals surface area contributed by atoms with Gasteiger partial charge in [-0.3, -0.25) is 0 Å². The van der Waals surface area contributed by atoms with Gasteiger partial charge in [0.15, 0.2) is 0 Å². The lowest BCUT2D eigenvalue weighted by Gasteiger charge is -2.13. The smallest absolute Gasteiger partial charge is 0.100 e. The van der Waals surface area contributed by atoms with Crippen molar-refractivity contribution in [1.29, 1.82) is 0 Å². The summed E-state index contributed by atoms with van der Waals surface area (Å²) in [6.45, 7) is 15.1. The quantitative estimate of drug-likeness (QED) is 0.396. The topological polar surface area (TPSA) is 76.1 Å². The molecule has 0 bridgehead atoms. The minimum Gasteiger partial charge on any atom is -0.402 e. The van der Waals surface area contributed by atoms with E-state index in [1.165, 1.54) is 24.0 Å². The van der Waals surface area contributed by atoms with Crippen LogP contribution in [0.2, 0.25) is 0 Å². The maximum atomic E-state index is 6.05. The highest BCUT2D eigenvalue weighted by atomic mass is 15.0. The molecule has 164 valence electrons. The molecule has 0 amide bonds. The molecule has 0 aromatic heterocycles. The number of allylic oxidation sites excluding steroid dienone is 6. The highest BCUT2D eigenvalue weighted by molar-refractivity contribution is 5.66. The molecule has 0 heterocycles. The Morgan fingerprint density at radius 1 is 1.10 bits per heavy atom. The van der Waals surface area contributed by atoms with E-state index in [2.05, 4.69) is 36.3 Å². The number of rotatable bonds is 8. The van der Waals surface area contributed by atoms with Gasteiger partial charge in [-0.1, -0.05) is 64.1 Å². The van der Waals surface area contributed by atoms with E-state index in [1.54, 1.807) is 0 Å². The van der Waals surface area contributed by atoms with E-state index in [0.29, 0.717) is 11.7 Å². The Bertz CT molecular complexity index is 808. The van der Waals surface area contributed by atoms with E-state index in [4.69, 9.17) is 11.5 Å². The fourth-order valence-corrected chi connectivity index (χ4v) is 2.91. The lowest BCUT2D eigenvalue weighted by molar-refractivity contribution is 0.925. The Labute approximate surface area is 183 Å². The first-order valence-corrected chi connectivity index (χ1v) is 11.1. The van der Waals surface area contributed by atoms with Gasteiger partial charge in [0.05, 0.1) is 0 Å². The molecule has 0 spiro atoms. The third-order valence-electron chi connectivity index (χ3n) is 4.64. The molecule has 30 heavy (non-hydrogen) atoms. The molecule has 0 radical (unpaired) electrons. The minimum absolute atomic E-state index is 0.547. The lowest BCUT2D eigenvalue weighted by Crippen LogP contribution is -2.15. The van der Waals surface area contributed by atoms with Crippen molar-refractivity contribution in [2.75, 3.05) is 11.9 Å². The molecule has 1 aromatic carbocycles. The van der Waals surface area contributed by atoms with Crippen molar-refractivity contribution in [3.63, 3.8) is 0 Å². The van der Waals surface area contributed by atoms with Crippen LogP contribution < -0.4 is 22.1 Å². The second-order valence-electron chi connectivity index (χ2n) is 7.12. The van der Waals surface area contributed by atoms with E-state index in [1.807, 2.05) is 64.1 Å². The molecule has 1 saturated carbocycles. The zero-order valence-electron chi connectivity index (χ0n) is 19.4. The van der Waals surface area contributed by atoms with Crippen LogP contribution in [0.3, 0.4) is 0 Å². The Morgan fingerprint density at radius 2 is 1.80 bits per heavy atom. The zero-order valence-corrected chi connectivity index (χ0v) is 19.4. The van der Waals surface area contributed by atoms with Crippen LogP contribution in [0.4, 0.5) is 5.69 Å². The average molecular weight is 409 g/mol. The molecule has 1 aromatic rings. The predicted molar refractivity (Wildman–Crippen MR) is 134 cm³/mol. The van der Waals surface area contributed by atoms with E-state index in [0.717, 1.165) is 35.6 Å². The summed E-state index contributed by atoms with van der Waals surface area (Å²) in [5.74, 6) is 1.12. The van der Waals surface area contributed by atoms with Crippen molar-refractivity contribution < 1.29 is 0 Å². The van der Waals surface area contributed by atoms with Gasteiger partial charge in [-0.15, -0.1) is 0 Å². The van der Waals surface area contributed by atoms with Crippen LogP contribution in [-0.2, 0) is 0 Å². The lowest BCUT2D eigenvalue weighted by atomic mass is 10.1. The zero-order chi connectivity index (χ0) is 22.5. The van der Waals surface area contributed by atoms with Gasteiger partial charge in [0, 0.05) is 23.6 Å². The average Bonchev–Trinajstić information content (AvgIpc) is 3.55. The van der Waals surface area contributed by atoms with Crippen LogP contribution in [0.15, 0.2) is 77.8 Å². The normalized spacial score (nSPS) is 15.6. The Balaban J connectivity index is 0.00000106. The monoisotopic (exact) mass is 408 g/mol. The summed E-state index contributed by atoms with van der Waals surface area (Å²) in [5.41, 5.74) is 18.6. The van der Waals surface area contributed by atoms with E-state index in [-0.39, 0.29) is 0 Å². The first-order valence-electron chi connectivity index (χ1n) is 11.1. The number of anilines is 1. The number of hydrogen-bond donors (Lipinski definition) is 4. The second-order valence-corrected chi connectivity index (χ2v) is 7.12. The molecular formula is C26H40N4. The number of nitrogens with two attached hydrogens (primary N) is 2. The standard InChI is InChI=1S/C22H28N4.2C2H6/c1-15-6-7-17(12-15)14-25-16(2)19-4-3-5-20(13-19)26-22(24)11-10-21(23)18-8-9-18;2*1-2/h3-7,10-11,13,18,25-26H,2,8-9,12,14,23-24H2,1H3;2*1-2H3/b21-10-,22-11+;;. The van der Waals surface area contributed by atoms with Crippen LogP contribution in [0.5, 0.6) is 0 Å². The highest BCUT2D eigenvalue weighted by Crippen LogP contribution is 2.33. The van der Waals surface area contributed by atoms with Crippen molar-refractivity contribution in [2.45, 2.75) is 53.9 Å². The van der Waals surface area contributed by atoms with E-state index >= 15 is 0 Å². The Hall–Kier alpha value is -2.88. The molecule has 0 unspecified atom stereocenters. The molecule has 0 saturated heterocycles. The molecule has 0 aliphatic heterocycles. The molecule has 6 N–H and O–H groups in total. The van der Waals surface area contributed by atoms with Crippen molar-refractivity contribution in [3.8, 4) is 0 Å². The maximum absolute atomic E-state index is 6.05. The van der Waals surface area contributed by atoms with Gasteiger partial charge in [-0.25, -0.2) is 0 Å². The van der Waals surface area contributed by atoms with E-state index in [9.17, 15) is 0 Å². The van der Waals surface area contributed by atoms with Crippen LogP contribution in [-0.4, -0.2) is 6.54 Å². The molecule has 2 aliphatic carbocycles. The number of nitrogens with one attached hydrogen (secondary N) is 2. The van der Waals surface area contributed by atoms with Crippen LogP contribution in [0.25, 0.3) is 5.70 Å². The molecule has 2 aliphatic rings. The molecule has 3 rings (SSSR count). The summed E-state index contributed by atoms with van der Waals surface area (Å²) in [5, 5.41) is 6.61. The first-order chi connectivity index (χ1) is 14.5. The fraction of sp³-hybridized carbons (Fsp3) is 0.385. The maximum Gasteiger partial charge on any atom is 0.100 e. The van der Waals surface area contributed by atoms with Crippen molar-refractivity contribution >= 4 is 11.4 Å². The third kappa shape index (κ3) is 8.64. The predicted octanol–water partition coefficient (Wildman–Crippen LogP) is 6.04. The Morgan fingerprint density at radius 3 is 2.40 bits per heavy atom. The number of hydrogen-bond acceptors (Lipinski definition) is 4. The molecule has 0 atom stereocenters. The molecular weight excluding hydrogens is 368 g/mol. The van der Waals surface area contributed by atoms with Crippen LogP contribution in [0, 0.1) is 5.92 Å². The van der Waals surface area contributed by atoms with Gasteiger partial charge in [0.2, 0.25) is 0 Å². The number of benzene rings is 1. The fourth-order valence-electron chi connectivity index (χ4n) is 2.91. The second kappa shape index (κ2) is 13.4. The Kier molecular flexibility index (Phi) is 11.2. The summed E-state index contributed by atoms with van der Waals surface area (Å²) < 4.78 is 0. The summed E-state index contributed by atoms with van der Waals surface area (Å²) >= 11 is 0. The summed E-state index contributed by atoms with van der Waals surface area (Å²) in [6, 6.07) is 8.05. The largest absolute Gasteiger partial charge is 0.402 e. The summed E-state index contributed by atoms with van der Waals surface area (Å²) in [7, 11) is 0. The van der Waals surface area contributed by atoms with Gasteiger partial charge < -0.3 is 22.1 Å². The molecule has 4 heteroatoms. The third-order valence-corrected chi connectivity index (χ3v) is 4.64. The van der Waals surface area contributed by atoms with Crippen LogP contribution >= 0.6 is 0 Å². The van der Waals surface area contributed by atoms with Crippen molar-refractivity contribution in [2.24, 2.45) is 17.4 Å². The summed E-state index contributed by atoms with van der Waals surface area (Å²) in [4.78, 5) is 0. The van der Waals surface area contributed by atoms with Gasteiger partial charge in [0.1, 0.15) is 5.82 Å². The van der Waals surface area contributed by atoms with E-state index < -0.39 is 0 Å². The SMILES string of the molecule is C=C(NCC1=CC=C(C)C1)c1cccc(N/C(N)=C/C=C(\N)C2CC2)c1.CC.CC.